The molecule has 0 spiro atoms. The quantitative estimate of drug-likeness (QED) is 0.653. The summed E-state index contributed by atoms with van der Waals surface area (Å²) in [6, 6.07) is 12.8. The van der Waals surface area contributed by atoms with Gasteiger partial charge in [-0.25, -0.2) is 8.42 Å². The van der Waals surface area contributed by atoms with E-state index in [1.165, 1.54) is 43.0 Å². The topological polar surface area (TPSA) is 93.9 Å². The number of nitrogens with zero attached hydrogens (tertiary/aromatic N) is 3. The third kappa shape index (κ3) is 4.12. The van der Waals surface area contributed by atoms with E-state index in [1.807, 2.05) is 7.05 Å². The molecular formula is C17H16N4O3S2. The number of aromatic nitrogens is 3. The van der Waals surface area contributed by atoms with Gasteiger partial charge in [0, 0.05) is 23.2 Å². The Bertz CT molecular complexity index is 1030. The highest BCUT2D eigenvalue weighted by Gasteiger charge is 2.14. The van der Waals surface area contributed by atoms with Gasteiger partial charge in [0.1, 0.15) is 6.33 Å². The van der Waals surface area contributed by atoms with Crippen molar-refractivity contribution in [2.24, 2.45) is 7.05 Å². The monoisotopic (exact) mass is 388 g/mol. The molecule has 0 fully saturated rings. The predicted molar refractivity (Wildman–Crippen MR) is 98.8 cm³/mol. The highest BCUT2D eigenvalue weighted by Crippen LogP contribution is 2.27. The second-order valence-corrected chi connectivity index (χ2v) is 8.26. The summed E-state index contributed by atoms with van der Waals surface area (Å²) in [5.74, 6) is -0.113. The Morgan fingerprint density at radius 3 is 2.27 bits per heavy atom. The van der Waals surface area contributed by atoms with Gasteiger partial charge in [-0.2, -0.15) is 0 Å². The lowest BCUT2D eigenvalue weighted by Crippen LogP contribution is -2.13. The van der Waals surface area contributed by atoms with Crippen LogP contribution in [-0.2, 0) is 17.1 Å². The molecule has 0 bridgehead atoms. The van der Waals surface area contributed by atoms with E-state index in [0.717, 1.165) is 10.1 Å². The molecule has 0 aliphatic heterocycles. The van der Waals surface area contributed by atoms with E-state index in [1.54, 1.807) is 35.2 Å². The van der Waals surface area contributed by atoms with Crippen LogP contribution >= 0.6 is 11.8 Å². The van der Waals surface area contributed by atoms with Crippen LogP contribution in [0.5, 0.6) is 0 Å². The normalized spacial score (nSPS) is 11.3. The number of Topliss-reactive ketones (excluding diaryl/α,β-unsaturated/α-hetero) is 1. The molecule has 0 amide bonds. The summed E-state index contributed by atoms with van der Waals surface area (Å²) in [7, 11) is -1.87. The molecule has 3 aromatic rings. The second-order valence-electron chi connectivity index (χ2n) is 5.54. The Labute approximate surface area is 155 Å². The van der Waals surface area contributed by atoms with E-state index in [4.69, 9.17) is 0 Å². The number of rotatable bonds is 6. The molecule has 0 radical (unpaired) electrons. The Morgan fingerprint density at radius 1 is 1.08 bits per heavy atom. The Morgan fingerprint density at radius 2 is 1.73 bits per heavy atom. The maximum atomic E-state index is 12.4. The van der Waals surface area contributed by atoms with Gasteiger partial charge in [-0.05, 0) is 55.1 Å². The molecular weight excluding hydrogens is 372 g/mol. The summed E-state index contributed by atoms with van der Waals surface area (Å²) >= 11 is 1.43. The number of benzene rings is 2. The van der Waals surface area contributed by atoms with Gasteiger partial charge < -0.3 is 4.57 Å². The van der Waals surface area contributed by atoms with Crippen molar-refractivity contribution in [3.8, 4) is 0 Å². The van der Waals surface area contributed by atoms with Crippen LogP contribution in [0.25, 0.3) is 0 Å². The van der Waals surface area contributed by atoms with E-state index < -0.39 is 10.0 Å². The molecule has 2 aromatic carbocycles. The van der Waals surface area contributed by atoms with Gasteiger partial charge in [-0.1, -0.05) is 12.1 Å². The molecule has 0 saturated heterocycles. The van der Waals surface area contributed by atoms with Gasteiger partial charge in [-0.15, -0.1) is 10.2 Å². The predicted octanol–water partition coefficient (Wildman–Crippen LogP) is 2.97. The van der Waals surface area contributed by atoms with E-state index >= 15 is 0 Å². The Kier molecular flexibility index (Phi) is 5.10. The third-order valence-electron chi connectivity index (χ3n) is 3.56. The van der Waals surface area contributed by atoms with Crippen molar-refractivity contribution in [1.29, 1.82) is 0 Å². The molecule has 7 nitrogen and oxygen atoms in total. The van der Waals surface area contributed by atoms with E-state index in [-0.39, 0.29) is 10.7 Å². The minimum absolute atomic E-state index is 0.0973. The Hall–Kier alpha value is -2.65. The van der Waals surface area contributed by atoms with E-state index in [0.29, 0.717) is 11.3 Å². The van der Waals surface area contributed by atoms with Crippen LogP contribution in [0.2, 0.25) is 0 Å². The number of aryl methyl sites for hydroxylation is 1. The van der Waals surface area contributed by atoms with Crippen molar-refractivity contribution < 1.29 is 13.2 Å². The lowest BCUT2D eigenvalue weighted by atomic mass is 10.2. The molecule has 0 aliphatic carbocycles. The molecule has 1 N–H and O–H groups in total. The first-order chi connectivity index (χ1) is 12.3. The van der Waals surface area contributed by atoms with Crippen molar-refractivity contribution in [3.63, 3.8) is 0 Å². The third-order valence-corrected chi connectivity index (χ3v) is 6.01. The highest BCUT2D eigenvalue weighted by atomic mass is 32.2. The zero-order valence-corrected chi connectivity index (χ0v) is 15.7. The standard InChI is InChI=1S/C17H16N4O3S2/c1-12(22)13-3-9-16(10-4-13)26(23,24)20-14-5-7-15(8-6-14)25-17-19-18-11-21(17)2/h3-11,20H,1-2H3. The van der Waals surface area contributed by atoms with Gasteiger partial charge in [0.15, 0.2) is 10.9 Å². The lowest BCUT2D eigenvalue weighted by molar-refractivity contribution is 0.101. The fraction of sp³-hybridized carbons (Fsp3) is 0.118. The second kappa shape index (κ2) is 7.30. The van der Waals surface area contributed by atoms with Gasteiger partial charge in [0.05, 0.1) is 4.90 Å². The van der Waals surface area contributed by atoms with Crippen molar-refractivity contribution >= 4 is 33.3 Å². The number of ketones is 1. The van der Waals surface area contributed by atoms with Crippen molar-refractivity contribution in [3.05, 3.63) is 60.4 Å². The maximum Gasteiger partial charge on any atom is 0.261 e. The van der Waals surface area contributed by atoms with Crippen molar-refractivity contribution in [1.82, 2.24) is 14.8 Å². The molecule has 0 aliphatic rings. The van der Waals surface area contributed by atoms with E-state index in [2.05, 4.69) is 14.9 Å². The minimum atomic E-state index is -3.72. The summed E-state index contributed by atoms with van der Waals surface area (Å²) in [5, 5.41) is 8.55. The van der Waals surface area contributed by atoms with E-state index in [9.17, 15) is 13.2 Å². The molecule has 134 valence electrons. The van der Waals surface area contributed by atoms with Crippen LogP contribution in [0.4, 0.5) is 5.69 Å². The van der Waals surface area contributed by atoms with Gasteiger partial charge in [0.25, 0.3) is 10.0 Å². The molecule has 1 heterocycles. The molecule has 0 atom stereocenters. The summed E-state index contributed by atoms with van der Waals surface area (Å²) in [6.45, 7) is 1.43. The average molecular weight is 388 g/mol. The van der Waals surface area contributed by atoms with Crippen LogP contribution in [0.1, 0.15) is 17.3 Å². The first kappa shape index (κ1) is 18.2. The van der Waals surface area contributed by atoms with Crippen LogP contribution in [-0.4, -0.2) is 29.0 Å². The van der Waals surface area contributed by atoms with Gasteiger partial charge >= 0.3 is 0 Å². The first-order valence-corrected chi connectivity index (χ1v) is 9.91. The van der Waals surface area contributed by atoms with Gasteiger partial charge in [0.2, 0.25) is 0 Å². The SMILES string of the molecule is CC(=O)c1ccc(S(=O)(=O)Nc2ccc(Sc3nncn3C)cc2)cc1. The number of hydrogen-bond donors (Lipinski definition) is 1. The van der Waals surface area contributed by atoms with Crippen LogP contribution < -0.4 is 4.72 Å². The molecule has 3 rings (SSSR count). The molecule has 9 heteroatoms. The van der Waals surface area contributed by atoms with Crippen molar-refractivity contribution in [2.75, 3.05) is 4.72 Å². The number of hydrogen-bond acceptors (Lipinski definition) is 6. The van der Waals surface area contributed by atoms with Crippen LogP contribution in [0.3, 0.4) is 0 Å². The summed E-state index contributed by atoms with van der Waals surface area (Å²) in [5.41, 5.74) is 0.914. The minimum Gasteiger partial charge on any atom is -0.311 e. The number of anilines is 1. The van der Waals surface area contributed by atoms with Crippen LogP contribution in [0, 0.1) is 0 Å². The molecule has 26 heavy (non-hydrogen) atoms. The number of carbonyl (C=O) groups is 1. The highest BCUT2D eigenvalue weighted by molar-refractivity contribution is 7.99. The van der Waals surface area contributed by atoms with Crippen molar-refractivity contribution in [2.45, 2.75) is 21.9 Å². The summed E-state index contributed by atoms with van der Waals surface area (Å²) < 4.78 is 29.2. The zero-order chi connectivity index (χ0) is 18.7. The average Bonchev–Trinajstić information content (AvgIpc) is 3.01. The molecule has 0 saturated carbocycles. The summed E-state index contributed by atoms with van der Waals surface area (Å²) in [4.78, 5) is 12.3. The maximum absolute atomic E-state index is 12.4. The number of sulfonamides is 1. The number of nitrogens with one attached hydrogen (secondary N) is 1. The van der Waals surface area contributed by atoms with Crippen LogP contribution in [0.15, 0.2) is 69.8 Å². The lowest BCUT2D eigenvalue weighted by Gasteiger charge is -2.09. The molecule has 1 aromatic heterocycles. The largest absolute Gasteiger partial charge is 0.311 e. The van der Waals surface area contributed by atoms with Gasteiger partial charge in [-0.3, -0.25) is 9.52 Å². The Balaban J connectivity index is 1.73. The molecule has 0 unspecified atom stereocenters. The fourth-order valence-corrected chi connectivity index (χ4v) is 3.97. The first-order valence-electron chi connectivity index (χ1n) is 7.61. The smallest absolute Gasteiger partial charge is 0.261 e. The zero-order valence-electron chi connectivity index (χ0n) is 14.1. The number of carbonyl (C=O) groups excluding carboxylic acids is 1. The summed E-state index contributed by atoms with van der Waals surface area (Å²) in [6.07, 6.45) is 1.61. The fourth-order valence-electron chi connectivity index (χ4n) is 2.14.